The molecular formula is C16H12F2N4O2. The van der Waals surface area contributed by atoms with E-state index in [1.807, 2.05) is 12.1 Å². The zero-order valence-electron chi connectivity index (χ0n) is 12.6. The smallest absolute Gasteiger partial charge is 0.293 e. The van der Waals surface area contributed by atoms with E-state index >= 15 is 0 Å². The molecule has 3 aliphatic rings. The number of ether oxygens (including phenoxy) is 2. The van der Waals surface area contributed by atoms with Gasteiger partial charge in [-0.1, -0.05) is 0 Å². The van der Waals surface area contributed by atoms with E-state index in [2.05, 4.69) is 4.99 Å². The van der Waals surface area contributed by atoms with Crippen molar-refractivity contribution in [2.75, 3.05) is 6.61 Å². The molecule has 122 valence electrons. The molecule has 1 aromatic rings. The van der Waals surface area contributed by atoms with E-state index in [9.17, 15) is 19.3 Å². The Kier molecular flexibility index (Phi) is 2.68. The predicted molar refractivity (Wildman–Crippen MR) is 76.0 cm³/mol. The first kappa shape index (κ1) is 15.0. The van der Waals surface area contributed by atoms with Gasteiger partial charge in [-0.05, 0) is 30.7 Å². The summed E-state index contributed by atoms with van der Waals surface area (Å²) in [5.41, 5.74) is 2.57. The predicted octanol–water partition coefficient (Wildman–Crippen LogP) is 1.54. The lowest BCUT2D eigenvalue weighted by Crippen LogP contribution is -2.39. The number of amidine groups is 1. The maximum absolute atomic E-state index is 14.3. The van der Waals surface area contributed by atoms with E-state index in [1.54, 1.807) is 6.92 Å². The molecule has 1 saturated carbocycles. The van der Waals surface area contributed by atoms with Crippen molar-refractivity contribution in [1.29, 1.82) is 10.5 Å². The number of nitrogens with zero attached hydrogens (tertiary/aromatic N) is 3. The molecule has 1 saturated heterocycles. The molecule has 4 rings (SSSR count). The van der Waals surface area contributed by atoms with Crippen molar-refractivity contribution in [3.8, 4) is 12.1 Å². The van der Waals surface area contributed by atoms with Crippen molar-refractivity contribution in [2.45, 2.75) is 24.9 Å². The Bertz CT molecular complexity index is 876. The van der Waals surface area contributed by atoms with Gasteiger partial charge < -0.3 is 15.2 Å². The summed E-state index contributed by atoms with van der Waals surface area (Å²) in [5.74, 6) is -4.37. The molecule has 5 unspecified atom stereocenters. The molecular weight excluding hydrogens is 318 g/mol. The van der Waals surface area contributed by atoms with Crippen molar-refractivity contribution in [2.24, 2.45) is 21.6 Å². The van der Waals surface area contributed by atoms with Gasteiger partial charge in [-0.15, -0.1) is 0 Å². The van der Waals surface area contributed by atoms with Gasteiger partial charge in [-0.3, -0.25) is 0 Å². The number of nitriles is 2. The second-order valence-electron chi connectivity index (χ2n) is 6.26. The van der Waals surface area contributed by atoms with Crippen LogP contribution in [0.25, 0.3) is 0 Å². The fourth-order valence-electron chi connectivity index (χ4n) is 4.06. The number of benzene rings is 1. The summed E-state index contributed by atoms with van der Waals surface area (Å²) in [6, 6.07) is 6.90. The Morgan fingerprint density at radius 3 is 2.67 bits per heavy atom. The summed E-state index contributed by atoms with van der Waals surface area (Å²) in [6.45, 7) is 1.87. The van der Waals surface area contributed by atoms with E-state index in [1.165, 1.54) is 0 Å². The lowest BCUT2D eigenvalue weighted by Gasteiger charge is -2.26. The van der Waals surface area contributed by atoms with Crippen LogP contribution in [-0.2, 0) is 9.47 Å². The van der Waals surface area contributed by atoms with Crippen LogP contribution in [0.1, 0.15) is 18.4 Å². The van der Waals surface area contributed by atoms with Gasteiger partial charge in [0.25, 0.3) is 5.91 Å². The molecule has 0 aromatic heterocycles. The van der Waals surface area contributed by atoms with Gasteiger partial charge in [0.05, 0.1) is 24.8 Å². The molecule has 8 heteroatoms. The van der Waals surface area contributed by atoms with Crippen molar-refractivity contribution in [1.82, 2.24) is 0 Å². The largest absolute Gasteiger partial charge is 0.386 e. The first-order valence-electron chi connectivity index (χ1n) is 7.33. The highest BCUT2D eigenvalue weighted by molar-refractivity contribution is 6.00. The Hall–Kier alpha value is -2.55. The van der Waals surface area contributed by atoms with Crippen LogP contribution in [0.3, 0.4) is 0 Å². The molecule has 5 atom stereocenters. The first-order valence-corrected chi connectivity index (χ1v) is 7.33. The molecule has 2 aliphatic heterocycles. The maximum atomic E-state index is 14.3. The molecule has 1 aromatic carbocycles. The van der Waals surface area contributed by atoms with Crippen LogP contribution >= 0.6 is 0 Å². The Morgan fingerprint density at radius 2 is 2.08 bits per heavy atom. The van der Waals surface area contributed by atoms with E-state index in [4.69, 9.17) is 15.2 Å². The van der Waals surface area contributed by atoms with Crippen LogP contribution in [-0.4, -0.2) is 24.5 Å². The molecule has 24 heavy (non-hydrogen) atoms. The van der Waals surface area contributed by atoms with Gasteiger partial charge in [0.15, 0.2) is 5.41 Å². The van der Waals surface area contributed by atoms with Crippen LogP contribution in [0.5, 0.6) is 0 Å². The summed E-state index contributed by atoms with van der Waals surface area (Å²) < 4.78 is 39.3. The fraction of sp³-hybridized carbons (Fsp3) is 0.438. The molecule has 2 heterocycles. The van der Waals surface area contributed by atoms with E-state index in [0.29, 0.717) is 0 Å². The quantitative estimate of drug-likeness (QED) is 0.841. The van der Waals surface area contributed by atoms with Crippen molar-refractivity contribution < 1.29 is 18.3 Å². The lowest BCUT2D eigenvalue weighted by molar-refractivity contribution is -0.193. The maximum Gasteiger partial charge on any atom is 0.293 e. The second-order valence-corrected chi connectivity index (χ2v) is 6.26. The summed E-state index contributed by atoms with van der Waals surface area (Å²) >= 11 is 0. The second kappa shape index (κ2) is 4.29. The molecule has 1 spiro atoms. The first-order chi connectivity index (χ1) is 11.4. The Morgan fingerprint density at radius 1 is 1.33 bits per heavy atom. The summed E-state index contributed by atoms with van der Waals surface area (Å²) in [6.07, 6.45) is -0.375. The highest BCUT2D eigenvalue weighted by Crippen LogP contribution is 2.82. The van der Waals surface area contributed by atoms with E-state index < -0.39 is 34.3 Å². The van der Waals surface area contributed by atoms with Crippen LogP contribution in [0, 0.1) is 45.1 Å². The third-order valence-corrected chi connectivity index (χ3v) is 5.07. The molecule has 2 fully saturated rings. The lowest BCUT2D eigenvalue weighted by atomic mass is 9.93. The number of halogens is 2. The monoisotopic (exact) mass is 330 g/mol. The molecule has 0 amide bonds. The molecule has 0 radical (unpaired) electrons. The summed E-state index contributed by atoms with van der Waals surface area (Å²) in [5, 5.41) is 19.6. The van der Waals surface area contributed by atoms with Crippen molar-refractivity contribution in [3.05, 3.63) is 35.4 Å². The molecule has 1 aliphatic carbocycles. The number of fused-ring (bicyclic) bond motifs is 2. The minimum absolute atomic E-state index is 0.109. The van der Waals surface area contributed by atoms with Gasteiger partial charge in [0.1, 0.15) is 22.9 Å². The van der Waals surface area contributed by atoms with Gasteiger partial charge in [0.2, 0.25) is 0 Å². The Labute approximate surface area is 136 Å². The zero-order valence-corrected chi connectivity index (χ0v) is 12.6. The summed E-state index contributed by atoms with van der Waals surface area (Å²) in [4.78, 5) is 4.10. The van der Waals surface area contributed by atoms with Crippen LogP contribution in [0.2, 0.25) is 0 Å². The number of aliphatic imine (C=N–C) groups is 1. The van der Waals surface area contributed by atoms with Crippen molar-refractivity contribution >= 4 is 5.84 Å². The number of hydrogen-bond donors (Lipinski definition) is 1. The Balaban J connectivity index is 1.96. The average Bonchev–Trinajstić information content (AvgIpc) is 2.93. The zero-order chi connectivity index (χ0) is 17.3. The number of hydrogen-bond acceptors (Lipinski definition) is 6. The SMILES string of the molecule is CC1COC2(N=C(N)C3(C#N)C(c4cc(F)ccc4F)C23C#N)O1. The van der Waals surface area contributed by atoms with Gasteiger partial charge in [-0.2, -0.15) is 10.5 Å². The van der Waals surface area contributed by atoms with Crippen LogP contribution in [0.4, 0.5) is 8.78 Å². The van der Waals surface area contributed by atoms with E-state index in [0.717, 1.165) is 18.2 Å². The fourth-order valence-corrected chi connectivity index (χ4v) is 4.06. The molecule has 6 nitrogen and oxygen atoms in total. The number of nitrogens with two attached hydrogens (primary N) is 1. The molecule has 0 bridgehead atoms. The average molecular weight is 330 g/mol. The topological polar surface area (TPSA) is 104 Å². The van der Waals surface area contributed by atoms with Crippen LogP contribution < -0.4 is 5.73 Å². The highest BCUT2D eigenvalue weighted by Gasteiger charge is 2.94. The number of rotatable bonds is 1. The highest BCUT2D eigenvalue weighted by atomic mass is 19.1. The third-order valence-electron chi connectivity index (χ3n) is 5.07. The normalized spacial score (nSPS) is 42.3. The van der Waals surface area contributed by atoms with Gasteiger partial charge in [0, 0.05) is 5.92 Å². The van der Waals surface area contributed by atoms with Gasteiger partial charge in [-0.25, -0.2) is 13.8 Å². The van der Waals surface area contributed by atoms with Crippen LogP contribution in [0.15, 0.2) is 23.2 Å². The van der Waals surface area contributed by atoms with Gasteiger partial charge >= 0.3 is 0 Å². The summed E-state index contributed by atoms with van der Waals surface area (Å²) in [7, 11) is 0. The minimum Gasteiger partial charge on any atom is -0.386 e. The third kappa shape index (κ3) is 1.33. The minimum atomic E-state index is -1.77. The standard InChI is InChI=1S/C16H12F2N4O2/c1-8-5-23-16(24-8)15(7-20)12(14(15,6-19)13(21)22-16)10-4-9(17)2-3-11(10)18/h2-4,8,12H,5H2,1H3,(H2,21,22). The molecule has 2 N–H and O–H groups in total. The van der Waals surface area contributed by atoms with E-state index in [-0.39, 0.29) is 24.1 Å². The van der Waals surface area contributed by atoms with Crippen molar-refractivity contribution in [3.63, 3.8) is 0 Å².